The quantitative estimate of drug-likeness (QED) is 0.529. The zero-order chi connectivity index (χ0) is 22.9. The van der Waals surface area contributed by atoms with Gasteiger partial charge in [-0.1, -0.05) is 23.9 Å². The van der Waals surface area contributed by atoms with Gasteiger partial charge in [-0.05, 0) is 32.0 Å². The van der Waals surface area contributed by atoms with Crippen molar-refractivity contribution in [2.24, 2.45) is 0 Å². The molecule has 1 fully saturated rings. The Morgan fingerprint density at radius 3 is 2.58 bits per heavy atom. The van der Waals surface area contributed by atoms with Crippen LogP contribution in [0.1, 0.15) is 11.4 Å². The Morgan fingerprint density at radius 2 is 1.79 bits per heavy atom. The van der Waals surface area contributed by atoms with Crippen molar-refractivity contribution in [2.75, 3.05) is 38.5 Å². The highest BCUT2D eigenvalue weighted by Gasteiger charge is 2.33. The van der Waals surface area contributed by atoms with Crippen LogP contribution >= 0.6 is 11.8 Å². The van der Waals surface area contributed by atoms with E-state index in [1.54, 1.807) is 20.4 Å². The van der Waals surface area contributed by atoms with E-state index >= 15 is 0 Å². The fourth-order valence-corrected chi connectivity index (χ4v) is 4.67. The van der Waals surface area contributed by atoms with Gasteiger partial charge in [0.05, 0.1) is 5.75 Å². The molecule has 4 heterocycles. The lowest BCUT2D eigenvalue weighted by atomic mass is 10.2. The molecule has 10 nitrogen and oxygen atoms in total. The fourth-order valence-electron chi connectivity index (χ4n) is 3.95. The fraction of sp³-hybridized carbons (Fsp3) is 0.409. The Morgan fingerprint density at radius 1 is 1.06 bits per heavy atom. The third-order valence-electron chi connectivity index (χ3n) is 5.65. The van der Waals surface area contributed by atoms with E-state index in [-0.39, 0.29) is 24.2 Å². The molecule has 1 atom stereocenters. The topological polar surface area (TPSA) is 102 Å². The predicted molar refractivity (Wildman–Crippen MR) is 120 cm³/mol. The number of para-hydroxylation sites is 2. The Labute approximate surface area is 194 Å². The highest BCUT2D eigenvalue weighted by molar-refractivity contribution is 7.99. The van der Waals surface area contributed by atoms with Crippen LogP contribution in [-0.4, -0.2) is 85.8 Å². The number of benzene rings is 1. The lowest BCUT2D eigenvalue weighted by Gasteiger charge is -2.37. The SMILES string of the molecule is Cc1cc(C)n2nc(SCC(=O)N3CCN(C(=O)[C@H]4COc5ccccc5O4)CC3)nc2n1. The van der Waals surface area contributed by atoms with Gasteiger partial charge < -0.3 is 19.3 Å². The molecule has 5 rings (SSSR count). The first-order chi connectivity index (χ1) is 16.0. The number of aryl methyl sites for hydroxylation is 2. The van der Waals surface area contributed by atoms with E-state index in [2.05, 4.69) is 15.1 Å². The summed E-state index contributed by atoms with van der Waals surface area (Å²) in [7, 11) is 0. The molecule has 3 aromatic rings. The highest BCUT2D eigenvalue weighted by atomic mass is 32.2. The zero-order valence-corrected chi connectivity index (χ0v) is 19.2. The maximum absolute atomic E-state index is 12.9. The Hall–Kier alpha value is -3.34. The van der Waals surface area contributed by atoms with Gasteiger partial charge in [0.1, 0.15) is 6.61 Å². The Kier molecular flexibility index (Phi) is 5.79. The summed E-state index contributed by atoms with van der Waals surface area (Å²) < 4.78 is 13.2. The smallest absolute Gasteiger partial charge is 0.267 e. The number of hydrogen-bond donors (Lipinski definition) is 0. The number of thioether (sulfide) groups is 1. The summed E-state index contributed by atoms with van der Waals surface area (Å²) in [6, 6.07) is 9.25. The van der Waals surface area contributed by atoms with Gasteiger partial charge in [0.15, 0.2) is 11.5 Å². The van der Waals surface area contributed by atoms with Gasteiger partial charge in [0, 0.05) is 37.6 Å². The summed E-state index contributed by atoms with van der Waals surface area (Å²) in [5.74, 6) is 1.88. The normalized spacial score (nSPS) is 17.9. The first-order valence-corrected chi connectivity index (χ1v) is 11.8. The van der Waals surface area contributed by atoms with Crippen molar-refractivity contribution in [1.82, 2.24) is 29.4 Å². The van der Waals surface area contributed by atoms with E-state index in [4.69, 9.17) is 9.47 Å². The molecule has 2 aliphatic rings. The zero-order valence-electron chi connectivity index (χ0n) is 18.4. The minimum absolute atomic E-state index is 0.00186. The number of amides is 2. The van der Waals surface area contributed by atoms with Crippen molar-refractivity contribution in [1.29, 1.82) is 0 Å². The van der Waals surface area contributed by atoms with Crippen LogP contribution in [-0.2, 0) is 9.59 Å². The third-order valence-corrected chi connectivity index (χ3v) is 6.47. The van der Waals surface area contributed by atoms with Crippen LogP contribution in [0.15, 0.2) is 35.5 Å². The number of carbonyl (C=O) groups excluding carboxylic acids is 2. The van der Waals surface area contributed by atoms with Crippen LogP contribution in [0.4, 0.5) is 0 Å². The number of ether oxygens (including phenoxy) is 2. The van der Waals surface area contributed by atoms with Crippen molar-refractivity contribution in [3.05, 3.63) is 41.7 Å². The molecule has 1 aromatic carbocycles. The van der Waals surface area contributed by atoms with Crippen molar-refractivity contribution in [3.8, 4) is 11.5 Å². The molecule has 0 unspecified atom stereocenters. The standard InChI is InChI=1S/C22H24N6O4S/c1-14-11-15(2)28-21(23-14)24-22(25-28)33-13-19(29)26-7-9-27(10-8-26)20(30)18-12-31-16-5-3-4-6-17(16)32-18/h3-6,11,18H,7-10,12-13H2,1-2H3/t18-/m1/s1. The summed E-state index contributed by atoms with van der Waals surface area (Å²) in [6.07, 6.45) is -0.667. The van der Waals surface area contributed by atoms with Crippen LogP contribution in [0.25, 0.3) is 5.78 Å². The molecule has 11 heteroatoms. The van der Waals surface area contributed by atoms with E-state index in [0.29, 0.717) is 48.6 Å². The minimum atomic E-state index is -0.667. The number of rotatable bonds is 4. The van der Waals surface area contributed by atoms with E-state index < -0.39 is 6.10 Å². The molecule has 33 heavy (non-hydrogen) atoms. The van der Waals surface area contributed by atoms with E-state index in [1.807, 2.05) is 38.1 Å². The van der Waals surface area contributed by atoms with E-state index in [9.17, 15) is 9.59 Å². The summed E-state index contributed by atoms with van der Waals surface area (Å²) >= 11 is 1.29. The second-order valence-corrected chi connectivity index (χ2v) is 8.95. The van der Waals surface area contributed by atoms with Crippen LogP contribution < -0.4 is 9.47 Å². The lowest BCUT2D eigenvalue weighted by molar-refractivity contribution is -0.145. The van der Waals surface area contributed by atoms with Crippen molar-refractivity contribution in [2.45, 2.75) is 25.1 Å². The Balaban J connectivity index is 1.12. The number of aromatic nitrogens is 4. The van der Waals surface area contributed by atoms with Gasteiger partial charge in [-0.25, -0.2) is 9.50 Å². The van der Waals surface area contributed by atoms with Crippen LogP contribution in [0.2, 0.25) is 0 Å². The molecular formula is C22H24N6O4S. The molecular weight excluding hydrogens is 444 g/mol. The second kappa shape index (κ2) is 8.89. The first-order valence-electron chi connectivity index (χ1n) is 10.8. The van der Waals surface area contributed by atoms with Gasteiger partial charge in [0.25, 0.3) is 11.7 Å². The molecule has 1 saturated heterocycles. The number of nitrogens with zero attached hydrogens (tertiary/aromatic N) is 6. The number of hydrogen-bond acceptors (Lipinski definition) is 8. The molecule has 0 aliphatic carbocycles. The van der Waals surface area contributed by atoms with E-state index in [0.717, 1.165) is 11.4 Å². The molecule has 2 amide bonds. The molecule has 0 radical (unpaired) electrons. The van der Waals surface area contributed by atoms with E-state index in [1.165, 1.54) is 11.8 Å². The third kappa shape index (κ3) is 4.45. The molecule has 0 N–H and O–H groups in total. The van der Waals surface area contributed by atoms with Gasteiger partial charge in [-0.15, -0.1) is 5.10 Å². The monoisotopic (exact) mass is 468 g/mol. The maximum atomic E-state index is 12.9. The number of piperazine rings is 1. The van der Waals surface area contributed by atoms with Crippen LogP contribution in [0.5, 0.6) is 11.5 Å². The number of carbonyl (C=O) groups is 2. The first kappa shape index (κ1) is 21.5. The summed E-state index contributed by atoms with van der Waals surface area (Å²) in [5.41, 5.74) is 1.82. The largest absolute Gasteiger partial charge is 0.485 e. The number of fused-ring (bicyclic) bond motifs is 2. The van der Waals surface area contributed by atoms with Gasteiger partial charge in [-0.3, -0.25) is 9.59 Å². The second-order valence-electron chi connectivity index (χ2n) is 8.00. The van der Waals surface area contributed by atoms with Crippen molar-refractivity contribution >= 4 is 29.4 Å². The lowest BCUT2D eigenvalue weighted by Crippen LogP contribution is -2.55. The molecule has 0 spiro atoms. The molecule has 0 saturated carbocycles. The van der Waals surface area contributed by atoms with Crippen LogP contribution in [0.3, 0.4) is 0 Å². The highest BCUT2D eigenvalue weighted by Crippen LogP contribution is 2.31. The van der Waals surface area contributed by atoms with Gasteiger partial charge in [-0.2, -0.15) is 4.98 Å². The molecule has 172 valence electrons. The van der Waals surface area contributed by atoms with Crippen molar-refractivity contribution in [3.63, 3.8) is 0 Å². The van der Waals surface area contributed by atoms with Crippen molar-refractivity contribution < 1.29 is 19.1 Å². The van der Waals surface area contributed by atoms with Gasteiger partial charge in [0.2, 0.25) is 17.2 Å². The Bertz CT molecular complexity index is 1210. The molecule has 2 aliphatic heterocycles. The summed E-state index contributed by atoms with van der Waals surface area (Å²) in [4.78, 5) is 37.9. The predicted octanol–water partition coefficient (Wildman–Crippen LogP) is 1.34. The average Bonchev–Trinajstić information content (AvgIpc) is 3.25. The summed E-state index contributed by atoms with van der Waals surface area (Å²) in [6.45, 7) is 5.93. The molecule has 0 bridgehead atoms. The maximum Gasteiger partial charge on any atom is 0.267 e. The van der Waals surface area contributed by atoms with Gasteiger partial charge >= 0.3 is 0 Å². The minimum Gasteiger partial charge on any atom is -0.485 e. The average molecular weight is 469 g/mol. The molecule has 2 aromatic heterocycles. The summed E-state index contributed by atoms with van der Waals surface area (Å²) in [5, 5.41) is 4.95. The van der Waals surface area contributed by atoms with Crippen LogP contribution in [0, 0.1) is 13.8 Å².